The first-order valence-electron chi connectivity index (χ1n) is 12.4. The van der Waals surface area contributed by atoms with E-state index >= 15 is 0 Å². The number of benzene rings is 2. The van der Waals surface area contributed by atoms with Gasteiger partial charge in [-0.15, -0.1) is 0 Å². The minimum absolute atomic E-state index is 0.0770. The fraction of sp³-hybridized carbons (Fsp3) is 0.379. The number of amides is 2. The largest absolute Gasteiger partial charge is 0.497 e. The molecule has 0 aliphatic carbocycles. The standard InChI is InChI=1S/C29H36N2O7/c1-34-16-7-14-31(29(33)23-8-5-9-24(19-23)35-2)21-28(32)30(20-25-10-6-17-38-25)15-13-22-11-12-26(36-3)27(18-22)37-4/h5-6,8-12,17-19H,7,13-16,20-21H2,1-4H3. The number of ether oxygens (including phenoxy) is 4. The third-order valence-electron chi connectivity index (χ3n) is 6.10. The molecular formula is C29H36N2O7. The molecule has 2 amide bonds. The lowest BCUT2D eigenvalue weighted by Gasteiger charge is -2.27. The first-order chi connectivity index (χ1) is 18.5. The van der Waals surface area contributed by atoms with Crippen LogP contribution in [0.4, 0.5) is 0 Å². The molecule has 0 N–H and O–H groups in total. The summed E-state index contributed by atoms with van der Waals surface area (Å²) < 4.78 is 26.7. The highest BCUT2D eigenvalue weighted by Crippen LogP contribution is 2.28. The maximum Gasteiger partial charge on any atom is 0.254 e. The molecule has 0 spiro atoms. The Hall–Kier alpha value is -3.98. The van der Waals surface area contributed by atoms with Gasteiger partial charge in [0.15, 0.2) is 11.5 Å². The van der Waals surface area contributed by atoms with E-state index in [0.717, 1.165) is 5.56 Å². The molecule has 38 heavy (non-hydrogen) atoms. The van der Waals surface area contributed by atoms with Crippen LogP contribution in [-0.2, 0) is 22.5 Å². The molecule has 3 rings (SSSR count). The van der Waals surface area contributed by atoms with Crippen molar-refractivity contribution >= 4 is 11.8 Å². The van der Waals surface area contributed by atoms with E-state index in [1.54, 1.807) is 74.8 Å². The summed E-state index contributed by atoms with van der Waals surface area (Å²) >= 11 is 0. The van der Waals surface area contributed by atoms with E-state index in [1.165, 1.54) is 0 Å². The van der Waals surface area contributed by atoms with Crippen molar-refractivity contribution in [1.29, 1.82) is 0 Å². The molecule has 0 atom stereocenters. The average molecular weight is 525 g/mol. The molecule has 0 aliphatic rings. The summed E-state index contributed by atoms with van der Waals surface area (Å²) in [4.78, 5) is 30.3. The van der Waals surface area contributed by atoms with Gasteiger partial charge in [0.25, 0.3) is 5.91 Å². The van der Waals surface area contributed by atoms with Gasteiger partial charge >= 0.3 is 0 Å². The van der Waals surface area contributed by atoms with E-state index in [4.69, 9.17) is 23.4 Å². The summed E-state index contributed by atoms with van der Waals surface area (Å²) in [5.41, 5.74) is 1.45. The zero-order valence-electron chi connectivity index (χ0n) is 22.5. The lowest BCUT2D eigenvalue weighted by atomic mass is 10.1. The van der Waals surface area contributed by atoms with Gasteiger partial charge in [0.1, 0.15) is 18.1 Å². The Morgan fingerprint density at radius 1 is 0.842 bits per heavy atom. The van der Waals surface area contributed by atoms with Crippen LogP contribution in [0.2, 0.25) is 0 Å². The maximum atomic E-state index is 13.6. The third kappa shape index (κ3) is 8.01. The number of furan rings is 1. The van der Waals surface area contributed by atoms with E-state index in [-0.39, 0.29) is 18.4 Å². The molecule has 3 aromatic rings. The fourth-order valence-electron chi connectivity index (χ4n) is 4.04. The molecule has 1 aromatic heterocycles. The van der Waals surface area contributed by atoms with E-state index in [0.29, 0.717) is 67.7 Å². The summed E-state index contributed by atoms with van der Waals surface area (Å²) in [5, 5.41) is 0. The lowest BCUT2D eigenvalue weighted by Crippen LogP contribution is -2.44. The van der Waals surface area contributed by atoms with E-state index in [2.05, 4.69) is 0 Å². The highest BCUT2D eigenvalue weighted by molar-refractivity contribution is 5.96. The quantitative estimate of drug-likeness (QED) is 0.277. The minimum Gasteiger partial charge on any atom is -0.497 e. The molecule has 0 saturated carbocycles. The zero-order valence-corrected chi connectivity index (χ0v) is 22.5. The summed E-state index contributed by atoms with van der Waals surface area (Å²) in [5.74, 6) is 2.08. The zero-order chi connectivity index (χ0) is 27.3. The van der Waals surface area contributed by atoms with Gasteiger partial charge in [0, 0.05) is 32.4 Å². The molecule has 0 aliphatic heterocycles. The van der Waals surface area contributed by atoms with Crippen molar-refractivity contribution in [1.82, 2.24) is 9.80 Å². The Morgan fingerprint density at radius 3 is 2.34 bits per heavy atom. The Kier molecular flexibility index (Phi) is 11.0. The molecule has 9 heteroatoms. The lowest BCUT2D eigenvalue weighted by molar-refractivity contribution is -0.132. The minimum atomic E-state index is -0.244. The molecule has 0 unspecified atom stereocenters. The SMILES string of the molecule is COCCCN(CC(=O)N(CCc1ccc(OC)c(OC)c1)Cc1ccco1)C(=O)c1cccc(OC)c1. The van der Waals surface area contributed by atoms with Crippen LogP contribution in [-0.4, -0.2) is 76.3 Å². The number of carbonyl (C=O) groups excluding carboxylic acids is 2. The molecular weight excluding hydrogens is 488 g/mol. The van der Waals surface area contributed by atoms with Gasteiger partial charge in [-0.3, -0.25) is 9.59 Å². The Morgan fingerprint density at radius 2 is 1.66 bits per heavy atom. The van der Waals surface area contributed by atoms with Crippen molar-refractivity contribution in [2.24, 2.45) is 0 Å². The van der Waals surface area contributed by atoms with Crippen LogP contribution < -0.4 is 14.2 Å². The van der Waals surface area contributed by atoms with Crippen LogP contribution in [0.15, 0.2) is 65.3 Å². The molecule has 9 nitrogen and oxygen atoms in total. The van der Waals surface area contributed by atoms with Crippen LogP contribution >= 0.6 is 0 Å². The van der Waals surface area contributed by atoms with Crippen molar-refractivity contribution in [2.75, 3.05) is 54.7 Å². The molecule has 1 heterocycles. The molecule has 2 aromatic carbocycles. The monoisotopic (exact) mass is 524 g/mol. The second-order valence-electron chi connectivity index (χ2n) is 8.64. The van der Waals surface area contributed by atoms with Crippen molar-refractivity contribution in [3.63, 3.8) is 0 Å². The third-order valence-corrected chi connectivity index (χ3v) is 6.10. The van der Waals surface area contributed by atoms with Crippen molar-refractivity contribution in [3.05, 3.63) is 77.7 Å². The summed E-state index contributed by atoms with van der Waals surface area (Å²) in [6.07, 6.45) is 2.76. The van der Waals surface area contributed by atoms with E-state index in [9.17, 15) is 9.59 Å². The van der Waals surface area contributed by atoms with Gasteiger partial charge < -0.3 is 33.2 Å². The molecule has 0 bridgehead atoms. The first kappa shape index (κ1) is 28.6. The van der Waals surface area contributed by atoms with Gasteiger partial charge in [-0.2, -0.15) is 0 Å². The Balaban J connectivity index is 1.78. The Bertz CT molecular complexity index is 1160. The van der Waals surface area contributed by atoms with Crippen molar-refractivity contribution < 1.29 is 33.0 Å². The van der Waals surface area contributed by atoms with Crippen LogP contribution in [0.1, 0.15) is 28.1 Å². The van der Waals surface area contributed by atoms with Gasteiger partial charge in [-0.05, 0) is 60.9 Å². The first-order valence-corrected chi connectivity index (χ1v) is 12.4. The van der Waals surface area contributed by atoms with E-state index < -0.39 is 0 Å². The number of hydrogen-bond acceptors (Lipinski definition) is 7. The van der Waals surface area contributed by atoms with Gasteiger partial charge in [0.2, 0.25) is 5.91 Å². The predicted molar refractivity (Wildman–Crippen MR) is 143 cm³/mol. The number of methoxy groups -OCH3 is 4. The fourth-order valence-corrected chi connectivity index (χ4v) is 4.04. The van der Waals surface area contributed by atoms with Crippen LogP contribution in [0.3, 0.4) is 0 Å². The molecule has 204 valence electrons. The number of nitrogens with zero attached hydrogens (tertiary/aromatic N) is 2. The molecule has 0 saturated heterocycles. The average Bonchev–Trinajstić information content (AvgIpc) is 3.47. The van der Waals surface area contributed by atoms with Crippen LogP contribution in [0, 0.1) is 0 Å². The number of rotatable bonds is 15. The highest BCUT2D eigenvalue weighted by Gasteiger charge is 2.23. The van der Waals surface area contributed by atoms with Gasteiger partial charge in [-0.1, -0.05) is 12.1 Å². The van der Waals surface area contributed by atoms with Crippen molar-refractivity contribution in [3.8, 4) is 17.2 Å². The van der Waals surface area contributed by atoms with E-state index in [1.807, 2.05) is 24.3 Å². The van der Waals surface area contributed by atoms with Gasteiger partial charge in [0.05, 0.1) is 34.1 Å². The molecule has 0 fully saturated rings. The predicted octanol–water partition coefficient (Wildman–Crippen LogP) is 4.06. The maximum absolute atomic E-state index is 13.6. The normalized spacial score (nSPS) is 10.6. The highest BCUT2D eigenvalue weighted by atomic mass is 16.5. The number of hydrogen-bond donors (Lipinski definition) is 0. The van der Waals surface area contributed by atoms with Crippen LogP contribution in [0.5, 0.6) is 17.2 Å². The Labute approximate surface area is 223 Å². The van der Waals surface area contributed by atoms with Crippen molar-refractivity contribution in [2.45, 2.75) is 19.4 Å². The summed E-state index contributed by atoms with van der Waals surface area (Å²) in [6.45, 7) is 1.49. The van der Waals surface area contributed by atoms with Crippen LogP contribution in [0.25, 0.3) is 0 Å². The second kappa shape index (κ2) is 14.7. The second-order valence-corrected chi connectivity index (χ2v) is 8.64. The summed E-state index contributed by atoms with van der Waals surface area (Å²) in [7, 11) is 6.34. The number of carbonyl (C=O) groups is 2. The van der Waals surface area contributed by atoms with Gasteiger partial charge in [-0.25, -0.2) is 0 Å². The topological polar surface area (TPSA) is 90.7 Å². The summed E-state index contributed by atoms with van der Waals surface area (Å²) in [6, 6.07) is 16.2. The molecule has 0 radical (unpaired) electrons. The smallest absolute Gasteiger partial charge is 0.254 e.